The van der Waals surface area contributed by atoms with Crippen LogP contribution in [0.15, 0.2) is 32.0 Å². The van der Waals surface area contributed by atoms with Crippen LogP contribution in [-0.2, 0) is 13.1 Å². The van der Waals surface area contributed by atoms with Gasteiger partial charge in [0.05, 0.1) is 3.79 Å². The molecular weight excluding hydrogens is 414 g/mol. The standard InChI is InChI=1S/C15H17Br2N3S/c1-20(8-10-4-14(17)21-9-10)15-11(5-12(16)7-19-15)6-18-13-2-3-13/h4-5,7,9,13,18H,2-3,6,8H2,1H3. The van der Waals surface area contributed by atoms with Crippen LogP contribution < -0.4 is 10.2 Å². The summed E-state index contributed by atoms with van der Waals surface area (Å²) in [7, 11) is 2.10. The van der Waals surface area contributed by atoms with E-state index in [9.17, 15) is 0 Å². The largest absolute Gasteiger partial charge is 0.355 e. The number of nitrogens with one attached hydrogen (secondary N) is 1. The molecule has 6 heteroatoms. The fourth-order valence-electron chi connectivity index (χ4n) is 2.27. The van der Waals surface area contributed by atoms with E-state index >= 15 is 0 Å². The molecule has 0 aliphatic heterocycles. The molecule has 1 saturated carbocycles. The van der Waals surface area contributed by atoms with Gasteiger partial charge in [0.15, 0.2) is 0 Å². The molecule has 1 fully saturated rings. The predicted octanol–water partition coefficient (Wildman–Crippen LogP) is 4.56. The van der Waals surface area contributed by atoms with Crippen molar-refractivity contribution in [3.05, 3.63) is 43.1 Å². The number of pyridine rings is 1. The van der Waals surface area contributed by atoms with Crippen LogP contribution >= 0.6 is 43.2 Å². The van der Waals surface area contributed by atoms with Crippen LogP contribution in [0, 0.1) is 0 Å². The van der Waals surface area contributed by atoms with Crippen LogP contribution in [0.25, 0.3) is 0 Å². The minimum Gasteiger partial charge on any atom is -0.355 e. The minimum absolute atomic E-state index is 0.704. The van der Waals surface area contributed by atoms with Crippen molar-refractivity contribution in [2.75, 3.05) is 11.9 Å². The molecule has 0 atom stereocenters. The third-order valence-corrected chi connectivity index (χ3v) is 5.46. The summed E-state index contributed by atoms with van der Waals surface area (Å²) in [5.74, 6) is 1.05. The highest BCUT2D eigenvalue weighted by Gasteiger charge is 2.21. The second-order valence-electron chi connectivity index (χ2n) is 5.41. The molecule has 0 aromatic carbocycles. The van der Waals surface area contributed by atoms with E-state index in [4.69, 9.17) is 0 Å². The molecule has 1 N–H and O–H groups in total. The summed E-state index contributed by atoms with van der Waals surface area (Å²) in [4.78, 5) is 6.82. The fraction of sp³-hybridized carbons (Fsp3) is 0.400. The second-order valence-corrected chi connectivity index (χ2v) is 8.61. The van der Waals surface area contributed by atoms with E-state index < -0.39 is 0 Å². The van der Waals surface area contributed by atoms with Gasteiger partial charge in [-0.15, -0.1) is 11.3 Å². The summed E-state index contributed by atoms with van der Waals surface area (Å²) in [5, 5.41) is 5.75. The summed E-state index contributed by atoms with van der Waals surface area (Å²) in [6.45, 7) is 1.75. The number of nitrogens with zero attached hydrogens (tertiary/aromatic N) is 2. The van der Waals surface area contributed by atoms with Gasteiger partial charge in [-0.05, 0) is 67.8 Å². The van der Waals surface area contributed by atoms with E-state index in [2.05, 4.69) is 71.6 Å². The Labute approximate surface area is 146 Å². The van der Waals surface area contributed by atoms with Gasteiger partial charge in [0.2, 0.25) is 0 Å². The van der Waals surface area contributed by atoms with Gasteiger partial charge in [-0.1, -0.05) is 0 Å². The van der Waals surface area contributed by atoms with Crippen LogP contribution in [0.4, 0.5) is 5.82 Å². The number of halogens is 2. The zero-order valence-electron chi connectivity index (χ0n) is 11.8. The summed E-state index contributed by atoms with van der Waals surface area (Å²) in [6.07, 6.45) is 4.47. The van der Waals surface area contributed by atoms with Gasteiger partial charge in [0.1, 0.15) is 5.82 Å². The number of aromatic nitrogens is 1. The molecule has 3 rings (SSSR count). The van der Waals surface area contributed by atoms with Gasteiger partial charge in [0.25, 0.3) is 0 Å². The maximum atomic E-state index is 4.61. The Morgan fingerprint density at radius 2 is 2.19 bits per heavy atom. The molecule has 0 unspecified atom stereocenters. The monoisotopic (exact) mass is 429 g/mol. The normalized spacial score (nSPS) is 14.4. The lowest BCUT2D eigenvalue weighted by atomic mass is 10.2. The molecule has 0 saturated heterocycles. The Morgan fingerprint density at radius 1 is 1.38 bits per heavy atom. The Hall–Kier alpha value is -0.430. The van der Waals surface area contributed by atoms with Crippen molar-refractivity contribution in [3.63, 3.8) is 0 Å². The third-order valence-electron chi connectivity index (χ3n) is 3.47. The van der Waals surface area contributed by atoms with Gasteiger partial charge in [-0.3, -0.25) is 0 Å². The first-order valence-electron chi connectivity index (χ1n) is 6.93. The Balaban J connectivity index is 1.75. The Morgan fingerprint density at radius 3 is 2.86 bits per heavy atom. The van der Waals surface area contributed by atoms with Crippen LogP contribution in [0.2, 0.25) is 0 Å². The first-order valence-corrected chi connectivity index (χ1v) is 9.40. The summed E-state index contributed by atoms with van der Waals surface area (Å²) in [6, 6.07) is 5.04. The Bertz CT molecular complexity index is 625. The van der Waals surface area contributed by atoms with Crippen molar-refractivity contribution in [1.29, 1.82) is 0 Å². The lowest BCUT2D eigenvalue weighted by Gasteiger charge is -2.21. The highest BCUT2D eigenvalue weighted by atomic mass is 79.9. The molecule has 2 aromatic rings. The molecule has 0 spiro atoms. The minimum atomic E-state index is 0.704. The topological polar surface area (TPSA) is 28.2 Å². The van der Waals surface area contributed by atoms with E-state index in [1.54, 1.807) is 11.3 Å². The average Bonchev–Trinajstić information content (AvgIpc) is 3.19. The molecule has 21 heavy (non-hydrogen) atoms. The first kappa shape index (κ1) is 15.5. The van der Waals surface area contributed by atoms with E-state index in [1.165, 1.54) is 27.8 Å². The van der Waals surface area contributed by atoms with Crippen LogP contribution in [0.5, 0.6) is 0 Å². The van der Waals surface area contributed by atoms with Gasteiger partial charge in [-0.2, -0.15) is 0 Å². The highest BCUT2D eigenvalue weighted by Crippen LogP contribution is 2.26. The molecule has 1 aliphatic carbocycles. The van der Waals surface area contributed by atoms with Crippen LogP contribution in [0.1, 0.15) is 24.0 Å². The van der Waals surface area contributed by atoms with E-state index in [1.807, 2.05) is 6.20 Å². The number of anilines is 1. The number of hydrogen-bond donors (Lipinski definition) is 1. The van der Waals surface area contributed by atoms with Gasteiger partial charge in [-0.25, -0.2) is 4.98 Å². The van der Waals surface area contributed by atoms with Crippen molar-refractivity contribution in [1.82, 2.24) is 10.3 Å². The van der Waals surface area contributed by atoms with Crippen molar-refractivity contribution in [3.8, 4) is 0 Å². The number of thiophene rings is 1. The van der Waals surface area contributed by atoms with E-state index in [0.29, 0.717) is 6.04 Å². The zero-order valence-corrected chi connectivity index (χ0v) is 15.8. The van der Waals surface area contributed by atoms with E-state index in [-0.39, 0.29) is 0 Å². The molecule has 0 radical (unpaired) electrons. The highest BCUT2D eigenvalue weighted by molar-refractivity contribution is 9.11. The van der Waals surface area contributed by atoms with Gasteiger partial charge < -0.3 is 10.2 Å². The zero-order chi connectivity index (χ0) is 14.8. The van der Waals surface area contributed by atoms with Gasteiger partial charge in [0, 0.05) is 42.4 Å². The van der Waals surface area contributed by atoms with Crippen molar-refractivity contribution >= 4 is 49.0 Å². The van der Waals surface area contributed by atoms with Crippen molar-refractivity contribution < 1.29 is 0 Å². The van der Waals surface area contributed by atoms with Gasteiger partial charge >= 0.3 is 0 Å². The van der Waals surface area contributed by atoms with E-state index in [0.717, 1.165) is 23.4 Å². The molecule has 3 nitrogen and oxygen atoms in total. The average molecular weight is 431 g/mol. The molecule has 0 amide bonds. The molecular formula is C15H17Br2N3S. The smallest absolute Gasteiger partial charge is 0.133 e. The van der Waals surface area contributed by atoms with Crippen LogP contribution in [0.3, 0.4) is 0 Å². The SMILES string of the molecule is CN(Cc1csc(Br)c1)c1ncc(Br)cc1CNC1CC1. The maximum Gasteiger partial charge on any atom is 0.133 e. The summed E-state index contributed by atoms with van der Waals surface area (Å²) >= 11 is 8.76. The first-order chi connectivity index (χ1) is 10.1. The maximum absolute atomic E-state index is 4.61. The predicted molar refractivity (Wildman–Crippen MR) is 95.9 cm³/mol. The van der Waals surface area contributed by atoms with Crippen LogP contribution in [-0.4, -0.2) is 18.1 Å². The lowest BCUT2D eigenvalue weighted by Crippen LogP contribution is -2.22. The summed E-state index contributed by atoms with van der Waals surface area (Å²) in [5.41, 5.74) is 2.55. The lowest BCUT2D eigenvalue weighted by molar-refractivity contribution is 0.682. The third kappa shape index (κ3) is 4.28. The number of rotatable bonds is 6. The molecule has 0 bridgehead atoms. The molecule has 1 aliphatic rings. The molecule has 2 aromatic heterocycles. The van der Waals surface area contributed by atoms with Crippen molar-refractivity contribution in [2.24, 2.45) is 0 Å². The summed E-state index contributed by atoms with van der Waals surface area (Å²) < 4.78 is 2.20. The fourth-order valence-corrected chi connectivity index (χ4v) is 3.85. The quantitative estimate of drug-likeness (QED) is 0.728. The van der Waals surface area contributed by atoms with Crippen molar-refractivity contribution in [2.45, 2.75) is 32.0 Å². The molecule has 112 valence electrons. The second kappa shape index (κ2) is 6.77. The number of hydrogen-bond acceptors (Lipinski definition) is 4. The Kier molecular flexibility index (Phi) is 4.99. The molecule has 2 heterocycles.